The lowest BCUT2D eigenvalue weighted by molar-refractivity contribution is -0.0425. The molecule has 2 heterocycles. The van der Waals surface area contributed by atoms with Gasteiger partial charge in [-0.3, -0.25) is 10.8 Å². The molecule has 4 rings (SSSR count). The van der Waals surface area contributed by atoms with Crippen LogP contribution in [0.5, 0.6) is 5.75 Å². The fraction of sp³-hybridized carbons (Fsp3) is 0.364. The third-order valence-corrected chi connectivity index (χ3v) is 5.12. The van der Waals surface area contributed by atoms with Crippen molar-refractivity contribution < 1.29 is 18.9 Å². The maximum atomic E-state index is 7.55. The smallest absolute Gasteiger partial charge is 0.151 e. The van der Waals surface area contributed by atoms with E-state index in [1.54, 1.807) is 30.3 Å². The van der Waals surface area contributed by atoms with Gasteiger partial charge >= 0.3 is 0 Å². The molecule has 0 bridgehead atoms. The Bertz CT molecular complexity index is 902. The first-order chi connectivity index (χ1) is 14.0. The highest BCUT2D eigenvalue weighted by Gasteiger charge is 2.49. The summed E-state index contributed by atoms with van der Waals surface area (Å²) in [5, 5.41) is 15.0. The number of benzene rings is 2. The van der Waals surface area contributed by atoms with E-state index in [4.69, 9.17) is 41.2 Å². The molecule has 0 aliphatic carbocycles. The number of nitrogen functional groups attached to an aromatic ring is 2. The monoisotopic (exact) mass is 412 g/mol. The van der Waals surface area contributed by atoms with Crippen LogP contribution in [0.1, 0.15) is 24.1 Å². The Balaban J connectivity index is 0.00000256. The van der Waals surface area contributed by atoms with Gasteiger partial charge in [0.05, 0.1) is 19.8 Å². The van der Waals surface area contributed by atoms with E-state index >= 15 is 0 Å². The number of amidine groups is 2. The third kappa shape index (κ3) is 4.62. The molecule has 2 saturated heterocycles. The van der Waals surface area contributed by atoms with Crippen LogP contribution in [0.4, 0.5) is 0 Å². The topological polar surface area (TPSA) is 137 Å². The van der Waals surface area contributed by atoms with Crippen LogP contribution in [0, 0.1) is 10.8 Å². The number of nitrogens with one attached hydrogen (secondary N) is 2. The van der Waals surface area contributed by atoms with Crippen molar-refractivity contribution in [3.05, 3.63) is 65.2 Å². The minimum absolute atomic E-state index is 0. The number of fused-ring (bicyclic) bond motifs is 1. The Labute approximate surface area is 176 Å². The van der Waals surface area contributed by atoms with E-state index < -0.39 is 0 Å². The molecule has 0 saturated carbocycles. The van der Waals surface area contributed by atoms with Gasteiger partial charge in [0.15, 0.2) is 6.10 Å². The van der Waals surface area contributed by atoms with Gasteiger partial charge < -0.3 is 30.4 Å². The van der Waals surface area contributed by atoms with Crippen LogP contribution in [0.3, 0.4) is 0 Å². The van der Waals surface area contributed by atoms with Crippen molar-refractivity contribution in [1.29, 1.82) is 10.8 Å². The highest BCUT2D eigenvalue weighted by molar-refractivity contribution is 5.95. The molecule has 0 radical (unpaired) electrons. The number of ether oxygens (including phenoxy) is 4. The van der Waals surface area contributed by atoms with E-state index in [0.717, 1.165) is 5.56 Å². The molecule has 0 unspecified atom stereocenters. The van der Waals surface area contributed by atoms with Crippen molar-refractivity contribution in [3.8, 4) is 5.75 Å². The first kappa shape index (κ1) is 21.8. The lowest BCUT2D eigenvalue weighted by Crippen LogP contribution is -2.35. The van der Waals surface area contributed by atoms with Gasteiger partial charge in [-0.15, -0.1) is 0 Å². The first-order valence-corrected chi connectivity index (χ1v) is 9.40. The van der Waals surface area contributed by atoms with Gasteiger partial charge in [-0.2, -0.15) is 0 Å². The summed E-state index contributed by atoms with van der Waals surface area (Å²) in [5.41, 5.74) is 13.3. The molecular formula is C22H28N4O4. The molecule has 4 atom stereocenters. The van der Waals surface area contributed by atoms with E-state index in [1.807, 2.05) is 18.2 Å². The average Bonchev–Trinajstić information content (AvgIpc) is 3.30. The second-order valence-corrected chi connectivity index (χ2v) is 7.15. The molecule has 2 aromatic rings. The van der Waals surface area contributed by atoms with Crippen molar-refractivity contribution in [2.24, 2.45) is 11.5 Å². The summed E-state index contributed by atoms with van der Waals surface area (Å²) in [6, 6.07) is 14.5. The second kappa shape index (κ2) is 9.25. The van der Waals surface area contributed by atoms with Gasteiger partial charge in [0.1, 0.15) is 35.7 Å². The van der Waals surface area contributed by atoms with Crippen LogP contribution in [-0.2, 0) is 20.8 Å². The lowest BCUT2D eigenvalue weighted by atomic mass is 10.1. The van der Waals surface area contributed by atoms with E-state index in [0.29, 0.717) is 36.7 Å². The van der Waals surface area contributed by atoms with Gasteiger partial charge in [-0.05, 0) is 17.7 Å². The molecule has 6 N–H and O–H groups in total. The molecule has 160 valence electrons. The highest BCUT2D eigenvalue weighted by atomic mass is 16.6. The highest BCUT2D eigenvalue weighted by Crippen LogP contribution is 2.32. The minimum atomic E-state index is -0.245. The molecule has 0 aromatic heterocycles. The molecule has 30 heavy (non-hydrogen) atoms. The number of rotatable bonds is 7. The van der Waals surface area contributed by atoms with E-state index in [1.165, 1.54) is 0 Å². The van der Waals surface area contributed by atoms with Gasteiger partial charge in [0, 0.05) is 11.1 Å². The molecular weight excluding hydrogens is 384 g/mol. The van der Waals surface area contributed by atoms with Gasteiger partial charge in [0.25, 0.3) is 0 Å². The minimum Gasteiger partial charge on any atom is -0.485 e. The maximum Gasteiger partial charge on any atom is 0.151 e. The number of nitrogens with two attached hydrogens (primary N) is 2. The fourth-order valence-corrected chi connectivity index (χ4v) is 3.57. The Morgan fingerprint density at radius 3 is 2.20 bits per heavy atom. The van der Waals surface area contributed by atoms with Crippen LogP contribution >= 0.6 is 0 Å². The Morgan fingerprint density at radius 2 is 1.53 bits per heavy atom. The molecule has 2 aliphatic heterocycles. The zero-order chi connectivity index (χ0) is 20.4. The van der Waals surface area contributed by atoms with Gasteiger partial charge in [-0.1, -0.05) is 43.8 Å². The number of hydrogen-bond acceptors (Lipinski definition) is 6. The zero-order valence-electron chi connectivity index (χ0n) is 15.8. The largest absolute Gasteiger partial charge is 0.485 e. The summed E-state index contributed by atoms with van der Waals surface area (Å²) in [4.78, 5) is 0. The van der Waals surface area contributed by atoms with E-state index in [-0.39, 0.29) is 43.5 Å². The quantitative estimate of drug-likeness (QED) is 0.406. The van der Waals surface area contributed by atoms with Crippen molar-refractivity contribution in [2.75, 3.05) is 13.2 Å². The molecule has 8 nitrogen and oxygen atoms in total. The van der Waals surface area contributed by atoms with Gasteiger partial charge in [0.2, 0.25) is 0 Å². The van der Waals surface area contributed by atoms with Crippen molar-refractivity contribution >= 4 is 11.7 Å². The molecule has 0 spiro atoms. The van der Waals surface area contributed by atoms with Crippen LogP contribution in [0.2, 0.25) is 0 Å². The summed E-state index contributed by atoms with van der Waals surface area (Å²) < 4.78 is 23.9. The van der Waals surface area contributed by atoms with E-state index in [9.17, 15) is 0 Å². The summed E-state index contributed by atoms with van der Waals surface area (Å²) in [6.07, 6.45) is -0.816. The summed E-state index contributed by atoms with van der Waals surface area (Å²) >= 11 is 0. The first-order valence-electron chi connectivity index (χ1n) is 9.40. The lowest BCUT2D eigenvalue weighted by Gasteiger charge is -2.18. The molecule has 2 aliphatic rings. The predicted molar refractivity (Wildman–Crippen MR) is 114 cm³/mol. The maximum absolute atomic E-state index is 7.55. The molecule has 2 fully saturated rings. The fourth-order valence-electron chi connectivity index (χ4n) is 3.57. The third-order valence-electron chi connectivity index (χ3n) is 5.12. The van der Waals surface area contributed by atoms with Gasteiger partial charge in [-0.25, -0.2) is 0 Å². The van der Waals surface area contributed by atoms with Crippen molar-refractivity contribution in [1.82, 2.24) is 0 Å². The average molecular weight is 412 g/mol. The van der Waals surface area contributed by atoms with Crippen LogP contribution in [-0.4, -0.2) is 49.3 Å². The summed E-state index contributed by atoms with van der Waals surface area (Å²) in [7, 11) is 0. The van der Waals surface area contributed by atoms with Crippen LogP contribution in [0.15, 0.2) is 48.5 Å². The molecule has 0 amide bonds. The van der Waals surface area contributed by atoms with Crippen molar-refractivity contribution in [3.63, 3.8) is 0 Å². The molecule has 8 heteroatoms. The Hall–Kier alpha value is -2.94. The SMILES string of the molecule is C.N=C(N)c1ccc(CO[C@H]2CO[C@H]3[C@@H]2OC[C@H]3Oc2cccc(C(=N)N)c2)cc1. The summed E-state index contributed by atoms with van der Waals surface area (Å²) in [6.45, 7) is 1.27. The Kier molecular flexibility index (Phi) is 6.71. The van der Waals surface area contributed by atoms with Crippen LogP contribution < -0.4 is 16.2 Å². The Morgan fingerprint density at radius 1 is 0.900 bits per heavy atom. The molecule has 2 aromatic carbocycles. The number of hydrogen-bond donors (Lipinski definition) is 4. The second-order valence-electron chi connectivity index (χ2n) is 7.15. The predicted octanol–water partition coefficient (Wildman–Crippen LogP) is 2.02. The van der Waals surface area contributed by atoms with Crippen LogP contribution in [0.25, 0.3) is 0 Å². The standard InChI is InChI=1S/C21H24N4O4.CH4/c22-20(23)13-6-4-12(5-7-13)9-26-16-10-27-19-17(11-28-18(16)19)29-15-3-1-2-14(8-15)21(24)25;/h1-8,16-19H,9-11H2,(H3,22,23)(H3,24,25);1H4/t16-,17+,18+,19+;/m0./s1. The summed E-state index contributed by atoms with van der Waals surface area (Å²) in [5.74, 6) is 0.673. The zero-order valence-corrected chi connectivity index (χ0v) is 15.8. The normalized spacial score (nSPS) is 24.7. The van der Waals surface area contributed by atoms with E-state index in [2.05, 4.69) is 0 Å². The van der Waals surface area contributed by atoms with Crippen molar-refractivity contribution in [2.45, 2.75) is 38.4 Å².